The number of amides is 1. The molecule has 2 aliphatic carbocycles. The summed E-state index contributed by atoms with van der Waals surface area (Å²) in [4.78, 5) is 15.3. The summed E-state index contributed by atoms with van der Waals surface area (Å²) >= 11 is 0. The van der Waals surface area contributed by atoms with Crippen LogP contribution in [0.1, 0.15) is 72.9 Å². The van der Waals surface area contributed by atoms with Crippen LogP contribution in [-0.2, 0) is 13.6 Å². The number of carbonyl (C=O) groups is 1. The lowest BCUT2D eigenvalue weighted by Gasteiger charge is -2.37. The zero-order chi connectivity index (χ0) is 19.3. The van der Waals surface area contributed by atoms with Crippen LogP contribution in [0.15, 0.2) is 12.4 Å². The van der Waals surface area contributed by atoms with Crippen LogP contribution in [0.2, 0.25) is 0 Å². The molecule has 0 radical (unpaired) electrons. The van der Waals surface area contributed by atoms with Crippen LogP contribution in [-0.4, -0.2) is 48.4 Å². The molecule has 7 nitrogen and oxygen atoms in total. The fourth-order valence-corrected chi connectivity index (χ4v) is 5.32. The predicted molar refractivity (Wildman–Crippen MR) is 105 cm³/mol. The van der Waals surface area contributed by atoms with E-state index < -0.39 is 0 Å². The van der Waals surface area contributed by atoms with Crippen molar-refractivity contribution in [1.29, 1.82) is 0 Å². The van der Waals surface area contributed by atoms with Crippen LogP contribution >= 0.6 is 0 Å². The molecule has 1 saturated heterocycles. The van der Waals surface area contributed by atoms with Gasteiger partial charge in [0.15, 0.2) is 5.69 Å². The lowest BCUT2D eigenvalue weighted by molar-refractivity contribution is 0.0751. The highest BCUT2D eigenvalue weighted by Gasteiger charge is 2.51. The van der Waals surface area contributed by atoms with E-state index in [-0.39, 0.29) is 17.2 Å². The van der Waals surface area contributed by atoms with Crippen LogP contribution < -0.4 is 0 Å². The number of hydrogen-bond acceptors (Lipinski definition) is 4. The van der Waals surface area contributed by atoms with E-state index >= 15 is 0 Å². The van der Waals surface area contributed by atoms with Crippen LogP contribution in [0.4, 0.5) is 0 Å². The van der Waals surface area contributed by atoms with E-state index in [4.69, 9.17) is 0 Å². The van der Waals surface area contributed by atoms with Gasteiger partial charge in [-0.3, -0.25) is 9.48 Å². The van der Waals surface area contributed by atoms with Crippen LogP contribution in [0.3, 0.4) is 0 Å². The van der Waals surface area contributed by atoms with Gasteiger partial charge in [-0.2, -0.15) is 5.10 Å². The first-order valence-electron chi connectivity index (χ1n) is 10.7. The van der Waals surface area contributed by atoms with E-state index in [1.807, 2.05) is 31.3 Å². The molecule has 2 saturated carbocycles. The van der Waals surface area contributed by atoms with Crippen molar-refractivity contribution < 1.29 is 4.79 Å². The van der Waals surface area contributed by atoms with Gasteiger partial charge in [0.25, 0.3) is 5.91 Å². The predicted octanol–water partition coefficient (Wildman–Crippen LogP) is 2.92. The van der Waals surface area contributed by atoms with Gasteiger partial charge in [0.1, 0.15) is 12.2 Å². The molecule has 1 atom stereocenters. The second kappa shape index (κ2) is 6.71. The Morgan fingerprint density at radius 2 is 2.04 bits per heavy atom. The first-order chi connectivity index (χ1) is 13.6. The number of likely N-dealkylation sites (tertiary alicyclic amines) is 1. The molecule has 7 heteroatoms. The van der Waals surface area contributed by atoms with Crippen molar-refractivity contribution in [2.45, 2.75) is 64.3 Å². The molecule has 0 bridgehead atoms. The van der Waals surface area contributed by atoms with Crippen LogP contribution in [0.5, 0.6) is 0 Å². The summed E-state index contributed by atoms with van der Waals surface area (Å²) in [5.74, 6) is 2.22. The van der Waals surface area contributed by atoms with Crippen molar-refractivity contribution in [1.82, 2.24) is 29.4 Å². The third kappa shape index (κ3) is 3.05. The molecular formula is C21H30N6O. The first kappa shape index (κ1) is 17.9. The zero-order valence-corrected chi connectivity index (χ0v) is 17.0. The minimum Gasteiger partial charge on any atom is -0.336 e. The van der Waals surface area contributed by atoms with Gasteiger partial charge < -0.3 is 9.47 Å². The summed E-state index contributed by atoms with van der Waals surface area (Å²) in [6.07, 6.45) is 10.7. The fraction of sp³-hybridized carbons (Fsp3) is 0.714. The molecule has 2 aromatic rings. The van der Waals surface area contributed by atoms with Crippen molar-refractivity contribution in [2.75, 3.05) is 13.1 Å². The third-order valence-electron chi connectivity index (χ3n) is 7.23. The number of aryl methyl sites for hydroxylation is 2. The second-order valence-corrected chi connectivity index (χ2v) is 9.24. The highest BCUT2D eigenvalue weighted by molar-refractivity contribution is 5.92. The SMILES string of the molecule is Cc1cc(C(=O)N2CC(c3nncn3CC3CC3)C3(CCCCC3)C2)nn1C. The normalized spacial score (nSPS) is 24.2. The number of nitrogens with zero attached hydrogens (tertiary/aromatic N) is 6. The van der Waals surface area contributed by atoms with Gasteiger partial charge in [0.2, 0.25) is 0 Å². The Bertz CT molecular complexity index is 854. The van der Waals surface area contributed by atoms with Crippen LogP contribution in [0, 0.1) is 18.3 Å². The highest BCUT2D eigenvalue weighted by Crippen LogP contribution is 2.52. The lowest BCUT2D eigenvalue weighted by Crippen LogP contribution is -2.34. The van der Waals surface area contributed by atoms with E-state index in [1.165, 1.54) is 44.9 Å². The molecule has 0 N–H and O–H groups in total. The lowest BCUT2D eigenvalue weighted by atomic mass is 9.67. The largest absolute Gasteiger partial charge is 0.336 e. The average Bonchev–Trinajstić information content (AvgIpc) is 3.11. The minimum absolute atomic E-state index is 0.0596. The molecule has 3 heterocycles. The quantitative estimate of drug-likeness (QED) is 0.815. The zero-order valence-electron chi connectivity index (χ0n) is 17.0. The maximum Gasteiger partial charge on any atom is 0.274 e. The molecule has 28 heavy (non-hydrogen) atoms. The summed E-state index contributed by atoms with van der Waals surface area (Å²) in [5, 5.41) is 13.3. The maximum atomic E-state index is 13.2. The third-order valence-corrected chi connectivity index (χ3v) is 7.23. The van der Waals surface area contributed by atoms with Gasteiger partial charge in [-0.05, 0) is 50.0 Å². The fourth-order valence-electron chi connectivity index (χ4n) is 5.32. The van der Waals surface area contributed by atoms with Crippen molar-refractivity contribution >= 4 is 5.91 Å². The Balaban J connectivity index is 1.45. The van der Waals surface area contributed by atoms with Crippen LogP contribution in [0.25, 0.3) is 0 Å². The Hall–Kier alpha value is -2.18. The highest BCUT2D eigenvalue weighted by atomic mass is 16.2. The average molecular weight is 383 g/mol. The maximum absolute atomic E-state index is 13.2. The van der Waals surface area contributed by atoms with E-state index in [0.29, 0.717) is 5.69 Å². The summed E-state index contributed by atoms with van der Waals surface area (Å²) in [5.41, 5.74) is 1.72. The molecule has 2 aromatic heterocycles. The van der Waals surface area contributed by atoms with E-state index in [0.717, 1.165) is 37.1 Å². The molecule has 1 unspecified atom stereocenters. The van der Waals surface area contributed by atoms with Crippen molar-refractivity contribution in [2.24, 2.45) is 18.4 Å². The summed E-state index contributed by atoms with van der Waals surface area (Å²) in [6, 6.07) is 1.90. The smallest absolute Gasteiger partial charge is 0.274 e. The molecule has 5 rings (SSSR count). The van der Waals surface area contributed by atoms with E-state index in [1.54, 1.807) is 4.68 Å². The second-order valence-electron chi connectivity index (χ2n) is 9.24. The van der Waals surface area contributed by atoms with E-state index in [2.05, 4.69) is 19.9 Å². The van der Waals surface area contributed by atoms with Gasteiger partial charge in [-0.25, -0.2) is 0 Å². The van der Waals surface area contributed by atoms with Gasteiger partial charge in [0, 0.05) is 38.3 Å². The Kier molecular flexibility index (Phi) is 4.29. The summed E-state index contributed by atoms with van der Waals surface area (Å²) in [7, 11) is 1.89. The molecule has 1 amide bonds. The molecule has 0 aromatic carbocycles. The van der Waals surface area contributed by atoms with Crippen molar-refractivity contribution in [3.8, 4) is 0 Å². The molecule has 1 aliphatic heterocycles. The molecular weight excluding hydrogens is 352 g/mol. The van der Waals surface area contributed by atoms with Gasteiger partial charge >= 0.3 is 0 Å². The Morgan fingerprint density at radius 3 is 2.71 bits per heavy atom. The summed E-state index contributed by atoms with van der Waals surface area (Å²) in [6.45, 7) is 4.57. The molecule has 1 spiro atoms. The standard InChI is InChI=1S/C21H30N6O/c1-15-10-18(24-25(15)2)20(28)26-12-17(21(13-26)8-4-3-5-9-21)19-23-22-14-27(19)11-16-6-7-16/h10,14,16-17H,3-9,11-13H2,1-2H3. The molecule has 150 valence electrons. The van der Waals surface area contributed by atoms with Crippen molar-refractivity contribution in [3.05, 3.63) is 29.6 Å². The minimum atomic E-state index is 0.0596. The first-order valence-corrected chi connectivity index (χ1v) is 10.7. The van der Waals surface area contributed by atoms with Crippen molar-refractivity contribution in [3.63, 3.8) is 0 Å². The number of rotatable bonds is 4. The number of carbonyl (C=O) groups excluding carboxylic acids is 1. The van der Waals surface area contributed by atoms with Gasteiger partial charge in [-0.1, -0.05) is 19.3 Å². The van der Waals surface area contributed by atoms with E-state index in [9.17, 15) is 4.79 Å². The topological polar surface area (TPSA) is 68.8 Å². The number of aromatic nitrogens is 5. The molecule has 3 aliphatic rings. The van der Waals surface area contributed by atoms with Gasteiger partial charge in [-0.15, -0.1) is 10.2 Å². The Morgan fingerprint density at radius 1 is 1.25 bits per heavy atom. The van der Waals surface area contributed by atoms with Gasteiger partial charge in [0.05, 0.1) is 0 Å². The summed E-state index contributed by atoms with van der Waals surface area (Å²) < 4.78 is 4.06. The molecule has 3 fully saturated rings. The number of hydrogen-bond donors (Lipinski definition) is 0. The Labute approximate surface area is 166 Å². The monoisotopic (exact) mass is 382 g/mol.